The molecule has 0 fully saturated rings. The van der Waals surface area contributed by atoms with E-state index in [-0.39, 0.29) is 0 Å². The van der Waals surface area contributed by atoms with Gasteiger partial charge >= 0.3 is 6.09 Å². The fourth-order valence-corrected chi connectivity index (χ4v) is 1.51. The van der Waals surface area contributed by atoms with Gasteiger partial charge in [-0.05, 0) is 13.8 Å². The van der Waals surface area contributed by atoms with Crippen LogP contribution in [0.1, 0.15) is 13.8 Å². The van der Waals surface area contributed by atoms with Crippen molar-refractivity contribution in [1.82, 2.24) is 5.09 Å². The lowest BCUT2D eigenvalue weighted by Gasteiger charge is -2.11. The molecule has 0 bridgehead atoms. The first-order valence-electron chi connectivity index (χ1n) is 5.15. The largest absolute Gasteiger partial charge is 0.449 e. The minimum Gasteiger partial charge on any atom is -0.449 e. The molecule has 0 radical (unpaired) electrons. The minimum absolute atomic E-state index is 0.450. The molecule has 1 aromatic carbocycles. The number of rotatable bonds is 4. The first-order chi connectivity index (χ1) is 9.25. The molecule has 0 spiro atoms. The Balaban J connectivity index is 2.77. The predicted octanol–water partition coefficient (Wildman–Crippen LogP) is 3.40. The zero-order chi connectivity index (χ0) is 15.4. The zero-order valence-electron chi connectivity index (χ0n) is 10.2. The number of carbonyl (C=O) groups is 1. The molecule has 112 valence electrons. The molecule has 1 aromatic rings. The molecular formula is C10H9F5NO3P. The van der Waals surface area contributed by atoms with Crippen molar-refractivity contribution in [2.45, 2.75) is 20.0 Å². The highest BCUT2D eigenvalue weighted by atomic mass is 31.1. The zero-order valence-corrected chi connectivity index (χ0v) is 11.2. The van der Waals surface area contributed by atoms with Crippen molar-refractivity contribution in [2.24, 2.45) is 0 Å². The van der Waals surface area contributed by atoms with E-state index in [1.165, 1.54) is 0 Å². The SMILES string of the molecule is CC(C)OC(=O)NPOc1c(F)c(F)c(F)c(F)c1F. The molecule has 0 aliphatic carbocycles. The fraction of sp³-hybridized carbons (Fsp3) is 0.300. The highest BCUT2D eigenvalue weighted by molar-refractivity contribution is 7.31. The van der Waals surface area contributed by atoms with E-state index >= 15 is 0 Å². The monoisotopic (exact) mass is 317 g/mol. The van der Waals surface area contributed by atoms with Gasteiger partial charge in [0.15, 0.2) is 8.96 Å². The molecule has 20 heavy (non-hydrogen) atoms. The lowest BCUT2D eigenvalue weighted by Crippen LogP contribution is -2.21. The maximum Gasteiger partial charge on any atom is 0.412 e. The van der Waals surface area contributed by atoms with E-state index in [0.29, 0.717) is 0 Å². The summed E-state index contributed by atoms with van der Waals surface area (Å²) in [7, 11) is -1.09. The second-order valence-corrected chi connectivity index (χ2v) is 4.34. The number of hydrogen-bond acceptors (Lipinski definition) is 3. The number of nitrogens with one attached hydrogen (secondary N) is 1. The van der Waals surface area contributed by atoms with Gasteiger partial charge in [0, 0.05) is 0 Å². The molecule has 1 atom stereocenters. The third kappa shape index (κ3) is 3.69. The second-order valence-electron chi connectivity index (χ2n) is 3.68. The van der Waals surface area contributed by atoms with Crippen LogP contribution in [0.3, 0.4) is 0 Å². The van der Waals surface area contributed by atoms with Crippen LogP contribution < -0.4 is 9.61 Å². The number of carbonyl (C=O) groups excluding carboxylic acids is 1. The van der Waals surface area contributed by atoms with E-state index in [9.17, 15) is 26.7 Å². The molecular weight excluding hydrogens is 308 g/mol. The van der Waals surface area contributed by atoms with Gasteiger partial charge in [0.1, 0.15) is 0 Å². The maximum absolute atomic E-state index is 13.2. The van der Waals surface area contributed by atoms with Crippen molar-refractivity contribution in [3.63, 3.8) is 0 Å². The Morgan fingerprint density at radius 1 is 1.00 bits per heavy atom. The van der Waals surface area contributed by atoms with Crippen LogP contribution in [0.2, 0.25) is 0 Å². The second kappa shape index (κ2) is 6.69. The Morgan fingerprint density at radius 3 is 1.90 bits per heavy atom. The normalized spacial score (nSPS) is 11.2. The number of benzene rings is 1. The molecule has 1 unspecified atom stereocenters. The van der Waals surface area contributed by atoms with Crippen LogP contribution in [0, 0.1) is 29.1 Å². The predicted molar refractivity (Wildman–Crippen MR) is 59.9 cm³/mol. The van der Waals surface area contributed by atoms with E-state index in [0.717, 1.165) is 0 Å². The highest BCUT2D eigenvalue weighted by Gasteiger charge is 2.27. The topological polar surface area (TPSA) is 47.6 Å². The molecule has 1 amide bonds. The summed E-state index contributed by atoms with van der Waals surface area (Å²) >= 11 is 0. The Bertz CT molecular complexity index is 497. The first-order valence-corrected chi connectivity index (χ1v) is 6.06. The summed E-state index contributed by atoms with van der Waals surface area (Å²) in [6, 6.07) is 0. The van der Waals surface area contributed by atoms with E-state index < -0.39 is 56.0 Å². The van der Waals surface area contributed by atoms with Crippen molar-refractivity contribution in [2.75, 3.05) is 0 Å². The summed E-state index contributed by atoms with van der Waals surface area (Å²) in [5, 5.41) is 1.94. The van der Waals surface area contributed by atoms with Gasteiger partial charge in [-0.3, -0.25) is 5.09 Å². The van der Waals surface area contributed by atoms with E-state index in [4.69, 9.17) is 0 Å². The maximum atomic E-state index is 13.2. The average Bonchev–Trinajstić information content (AvgIpc) is 2.37. The molecule has 0 aliphatic heterocycles. The molecule has 10 heteroatoms. The van der Waals surface area contributed by atoms with E-state index in [2.05, 4.69) is 9.26 Å². The third-order valence-electron chi connectivity index (χ3n) is 1.82. The minimum atomic E-state index is -2.29. The summed E-state index contributed by atoms with van der Waals surface area (Å²) in [5.74, 6) is -12.3. The summed E-state index contributed by atoms with van der Waals surface area (Å²) < 4.78 is 73.6. The van der Waals surface area contributed by atoms with Crippen LogP contribution in [0.15, 0.2) is 0 Å². The van der Waals surface area contributed by atoms with E-state index in [1.807, 2.05) is 5.09 Å². The smallest absolute Gasteiger partial charge is 0.412 e. The Kier molecular flexibility index (Phi) is 5.50. The molecule has 4 nitrogen and oxygen atoms in total. The highest BCUT2D eigenvalue weighted by Crippen LogP contribution is 2.31. The Labute approximate surface area is 112 Å². The van der Waals surface area contributed by atoms with Crippen LogP contribution in [0.25, 0.3) is 0 Å². The van der Waals surface area contributed by atoms with Crippen molar-refractivity contribution >= 4 is 15.1 Å². The van der Waals surface area contributed by atoms with Gasteiger partial charge in [-0.2, -0.15) is 8.78 Å². The Morgan fingerprint density at radius 2 is 1.45 bits per heavy atom. The van der Waals surface area contributed by atoms with Crippen LogP contribution in [0.5, 0.6) is 5.75 Å². The van der Waals surface area contributed by atoms with Gasteiger partial charge in [-0.15, -0.1) is 0 Å². The first kappa shape index (κ1) is 16.4. The summed E-state index contributed by atoms with van der Waals surface area (Å²) in [5.41, 5.74) is 0. The van der Waals surface area contributed by atoms with Crippen molar-refractivity contribution in [3.8, 4) is 5.75 Å². The fourth-order valence-electron chi connectivity index (χ4n) is 1.04. The molecule has 0 saturated heterocycles. The molecule has 0 saturated carbocycles. The van der Waals surface area contributed by atoms with E-state index in [1.54, 1.807) is 13.8 Å². The lowest BCUT2D eigenvalue weighted by atomic mass is 10.3. The lowest BCUT2D eigenvalue weighted by molar-refractivity contribution is 0.121. The third-order valence-corrected chi connectivity index (χ3v) is 2.43. The van der Waals surface area contributed by atoms with Gasteiger partial charge < -0.3 is 9.26 Å². The van der Waals surface area contributed by atoms with Crippen LogP contribution in [-0.2, 0) is 4.74 Å². The summed E-state index contributed by atoms with van der Waals surface area (Å²) in [4.78, 5) is 11.0. The number of amides is 1. The molecule has 0 aliphatic rings. The van der Waals surface area contributed by atoms with Gasteiger partial charge in [0.05, 0.1) is 6.10 Å². The molecule has 0 heterocycles. The van der Waals surface area contributed by atoms with Crippen LogP contribution >= 0.6 is 8.96 Å². The standard InChI is InChI=1S/C10H9F5NO3P/c1-3(2)18-10(17)16-20-19-9-7(14)5(12)4(11)6(13)8(9)15/h3,20H,1-2H3,(H,16,17). The van der Waals surface area contributed by atoms with Crippen molar-refractivity contribution < 1.29 is 36.0 Å². The number of hydrogen-bond donors (Lipinski definition) is 1. The molecule has 1 rings (SSSR count). The van der Waals surface area contributed by atoms with Gasteiger partial charge in [-0.25, -0.2) is 18.0 Å². The number of halogens is 5. The average molecular weight is 317 g/mol. The van der Waals surface area contributed by atoms with Gasteiger partial charge in [0.2, 0.25) is 34.8 Å². The van der Waals surface area contributed by atoms with Crippen molar-refractivity contribution in [3.05, 3.63) is 29.1 Å². The van der Waals surface area contributed by atoms with Crippen LogP contribution in [0.4, 0.5) is 26.7 Å². The van der Waals surface area contributed by atoms with Crippen molar-refractivity contribution in [1.29, 1.82) is 0 Å². The van der Waals surface area contributed by atoms with Crippen LogP contribution in [-0.4, -0.2) is 12.2 Å². The van der Waals surface area contributed by atoms with Gasteiger partial charge in [0.25, 0.3) is 0 Å². The Hall–Kier alpha value is -1.63. The molecule has 1 N–H and O–H groups in total. The quantitative estimate of drug-likeness (QED) is 0.401. The van der Waals surface area contributed by atoms with Gasteiger partial charge in [-0.1, -0.05) is 0 Å². The number of ether oxygens (including phenoxy) is 1. The summed E-state index contributed by atoms with van der Waals surface area (Å²) in [6.45, 7) is 3.10. The summed E-state index contributed by atoms with van der Waals surface area (Å²) in [6.07, 6.45) is -1.41. The molecule has 0 aromatic heterocycles.